The summed E-state index contributed by atoms with van der Waals surface area (Å²) in [6.07, 6.45) is -5.21. The number of benzene rings is 2. The molecule has 0 aromatic heterocycles. The quantitative estimate of drug-likeness (QED) is 0.512. The topological polar surface area (TPSA) is 93.8 Å². The minimum absolute atomic E-state index is 0.232. The molecule has 2 aromatic rings. The molecule has 0 heterocycles. The Bertz CT molecular complexity index is 996. The van der Waals surface area contributed by atoms with Gasteiger partial charge in [-0.2, -0.15) is 13.2 Å². The van der Waals surface area contributed by atoms with E-state index in [9.17, 15) is 22.8 Å². The van der Waals surface area contributed by atoms with Crippen LogP contribution in [0.3, 0.4) is 0 Å². The van der Waals surface area contributed by atoms with E-state index < -0.39 is 36.6 Å². The van der Waals surface area contributed by atoms with Crippen molar-refractivity contribution < 1.29 is 27.5 Å². The summed E-state index contributed by atoms with van der Waals surface area (Å²) >= 11 is 0. The highest BCUT2D eigenvalue weighted by Crippen LogP contribution is 2.32. The van der Waals surface area contributed by atoms with Crippen LogP contribution in [0.25, 0.3) is 0 Å². The normalized spacial score (nSPS) is 12.7. The van der Waals surface area contributed by atoms with Crippen molar-refractivity contribution in [3.05, 3.63) is 77.1 Å². The average molecular weight is 433 g/mol. The molecule has 31 heavy (non-hydrogen) atoms. The monoisotopic (exact) mass is 433 g/mol. The third kappa shape index (κ3) is 7.29. The lowest BCUT2D eigenvalue weighted by molar-refractivity contribution is -0.148. The first-order chi connectivity index (χ1) is 14.6. The van der Waals surface area contributed by atoms with E-state index >= 15 is 0 Å². The highest BCUT2D eigenvalue weighted by molar-refractivity contribution is 6.03. The summed E-state index contributed by atoms with van der Waals surface area (Å²) in [6, 6.07) is 13.7. The second kappa shape index (κ2) is 10.4. The number of ether oxygens (including phenoxy) is 1. The number of allylic oxidation sites excluding steroid dienone is 2. The van der Waals surface area contributed by atoms with Crippen molar-refractivity contribution in [2.45, 2.75) is 26.4 Å². The Kier molecular flexibility index (Phi) is 7.95. The van der Waals surface area contributed by atoms with Gasteiger partial charge >= 0.3 is 12.1 Å². The summed E-state index contributed by atoms with van der Waals surface area (Å²) in [5, 5.41) is 2.52. The first-order valence-electron chi connectivity index (χ1n) is 9.25. The Hall–Kier alpha value is -3.62. The van der Waals surface area contributed by atoms with Crippen molar-refractivity contribution in [1.82, 2.24) is 5.32 Å². The van der Waals surface area contributed by atoms with Gasteiger partial charge in [0.15, 0.2) is 6.61 Å². The number of carbonyl (C=O) groups excluding carboxylic acids is 2. The third-order valence-electron chi connectivity index (χ3n) is 4.10. The molecule has 2 aromatic carbocycles. The fourth-order valence-corrected chi connectivity index (χ4v) is 2.71. The Morgan fingerprint density at radius 1 is 1.03 bits per heavy atom. The van der Waals surface area contributed by atoms with Crippen LogP contribution in [0.5, 0.6) is 0 Å². The van der Waals surface area contributed by atoms with Gasteiger partial charge in [-0.1, -0.05) is 36.4 Å². The number of carbonyl (C=O) groups is 2. The predicted octanol–water partition coefficient (Wildman–Crippen LogP) is 3.89. The molecule has 0 atom stereocenters. The average Bonchev–Trinajstić information content (AvgIpc) is 2.70. The van der Waals surface area contributed by atoms with Crippen molar-refractivity contribution in [2.24, 2.45) is 10.7 Å². The summed E-state index contributed by atoms with van der Waals surface area (Å²) in [5.41, 5.74) is 6.31. The van der Waals surface area contributed by atoms with Crippen molar-refractivity contribution >= 4 is 23.3 Å². The number of rotatable bonds is 7. The minimum atomic E-state index is -4.60. The summed E-state index contributed by atoms with van der Waals surface area (Å²) in [7, 11) is 0. The number of nitrogens with one attached hydrogen (secondary N) is 1. The van der Waals surface area contributed by atoms with E-state index in [0.29, 0.717) is 11.4 Å². The Morgan fingerprint density at radius 2 is 1.65 bits per heavy atom. The largest absolute Gasteiger partial charge is 0.455 e. The Labute approximate surface area is 177 Å². The number of hydrogen-bond donors (Lipinski definition) is 2. The van der Waals surface area contributed by atoms with Crippen LogP contribution in [0, 0.1) is 0 Å². The zero-order valence-electron chi connectivity index (χ0n) is 17.0. The van der Waals surface area contributed by atoms with Crippen LogP contribution < -0.4 is 11.1 Å². The second-order valence-electron chi connectivity index (χ2n) is 6.63. The molecule has 0 fully saturated rings. The molecule has 9 heteroatoms. The molecular formula is C22H22F3N3O3. The lowest BCUT2D eigenvalue weighted by Gasteiger charge is -2.13. The molecule has 2 rings (SSSR count). The van der Waals surface area contributed by atoms with E-state index in [2.05, 4.69) is 10.3 Å². The number of halogens is 3. The van der Waals surface area contributed by atoms with E-state index in [4.69, 9.17) is 10.5 Å². The van der Waals surface area contributed by atoms with Crippen LogP contribution in [0.15, 0.2) is 71.0 Å². The summed E-state index contributed by atoms with van der Waals surface area (Å²) in [5.74, 6) is -1.66. The van der Waals surface area contributed by atoms with Gasteiger partial charge in [0, 0.05) is 5.70 Å². The van der Waals surface area contributed by atoms with E-state index in [1.807, 2.05) is 6.07 Å². The van der Waals surface area contributed by atoms with Gasteiger partial charge in [-0.25, -0.2) is 0 Å². The number of para-hydroxylation sites is 1. The van der Waals surface area contributed by atoms with Crippen molar-refractivity contribution in [1.29, 1.82) is 0 Å². The SMILES string of the molecule is CC(=Nc1ccccc1)C(NC(=O)COC(=O)Cc1ccccc1C(F)(F)F)=C(C)N. The molecule has 0 aliphatic rings. The lowest BCUT2D eigenvalue weighted by atomic mass is 10.0. The molecule has 1 amide bonds. The molecule has 6 nitrogen and oxygen atoms in total. The smallest absolute Gasteiger partial charge is 0.416 e. The molecule has 0 aliphatic carbocycles. The molecule has 3 N–H and O–H groups in total. The Morgan fingerprint density at radius 3 is 2.26 bits per heavy atom. The Balaban J connectivity index is 1.98. The van der Waals surface area contributed by atoms with Gasteiger partial charge in [-0.05, 0) is 37.6 Å². The van der Waals surface area contributed by atoms with Crippen LogP contribution in [0.2, 0.25) is 0 Å². The zero-order valence-corrected chi connectivity index (χ0v) is 17.0. The first kappa shape index (κ1) is 23.7. The minimum Gasteiger partial charge on any atom is -0.455 e. The molecular weight excluding hydrogens is 411 g/mol. The van der Waals surface area contributed by atoms with Gasteiger partial charge in [0.05, 0.1) is 29.1 Å². The van der Waals surface area contributed by atoms with Crippen LogP contribution in [-0.2, 0) is 26.9 Å². The van der Waals surface area contributed by atoms with Gasteiger partial charge in [0.1, 0.15) is 0 Å². The fourth-order valence-electron chi connectivity index (χ4n) is 2.71. The number of nitrogens with two attached hydrogens (primary N) is 1. The molecule has 164 valence electrons. The van der Waals surface area contributed by atoms with Gasteiger partial charge < -0.3 is 15.8 Å². The zero-order chi connectivity index (χ0) is 23.0. The highest BCUT2D eigenvalue weighted by atomic mass is 19.4. The van der Waals surface area contributed by atoms with Gasteiger partial charge in [-0.3, -0.25) is 14.6 Å². The summed E-state index contributed by atoms with van der Waals surface area (Å²) in [4.78, 5) is 28.5. The lowest BCUT2D eigenvalue weighted by Crippen LogP contribution is -2.33. The van der Waals surface area contributed by atoms with Crippen molar-refractivity contribution in [2.75, 3.05) is 6.61 Å². The molecule has 0 aliphatic heterocycles. The molecule has 0 spiro atoms. The molecule has 0 unspecified atom stereocenters. The third-order valence-corrected chi connectivity index (χ3v) is 4.10. The summed E-state index contributed by atoms with van der Waals surface area (Å²) < 4.78 is 43.9. The first-order valence-corrected chi connectivity index (χ1v) is 9.25. The molecule has 0 bridgehead atoms. The van der Waals surface area contributed by atoms with E-state index in [-0.39, 0.29) is 17.0 Å². The second-order valence-corrected chi connectivity index (χ2v) is 6.63. The van der Waals surface area contributed by atoms with Gasteiger partial charge in [-0.15, -0.1) is 0 Å². The number of amides is 1. The van der Waals surface area contributed by atoms with Crippen LogP contribution in [0.4, 0.5) is 18.9 Å². The van der Waals surface area contributed by atoms with Gasteiger partial charge in [0.2, 0.25) is 0 Å². The highest BCUT2D eigenvalue weighted by Gasteiger charge is 2.33. The number of esters is 1. The molecule has 0 radical (unpaired) electrons. The number of aliphatic imine (C=N–C) groups is 1. The number of hydrogen-bond acceptors (Lipinski definition) is 5. The van der Waals surface area contributed by atoms with Crippen molar-refractivity contribution in [3.8, 4) is 0 Å². The van der Waals surface area contributed by atoms with Crippen molar-refractivity contribution in [3.63, 3.8) is 0 Å². The van der Waals surface area contributed by atoms with Crippen LogP contribution >= 0.6 is 0 Å². The molecule has 0 saturated carbocycles. The van der Waals surface area contributed by atoms with E-state index in [1.165, 1.54) is 18.2 Å². The standard InChI is InChI=1S/C22H22F3N3O3/c1-14(26)21(15(2)27-17-9-4-3-5-10-17)28-19(29)13-31-20(30)12-16-8-6-7-11-18(16)22(23,24)25/h3-11H,12-13,26H2,1-2H3,(H,28,29). The maximum atomic E-state index is 13.0. The van der Waals surface area contributed by atoms with E-state index in [0.717, 1.165) is 6.07 Å². The number of nitrogens with zero attached hydrogens (tertiary/aromatic N) is 1. The van der Waals surface area contributed by atoms with Crippen LogP contribution in [-0.4, -0.2) is 24.2 Å². The maximum absolute atomic E-state index is 13.0. The maximum Gasteiger partial charge on any atom is 0.416 e. The van der Waals surface area contributed by atoms with E-state index in [1.54, 1.807) is 38.1 Å². The number of alkyl halides is 3. The molecule has 0 saturated heterocycles. The predicted molar refractivity (Wildman–Crippen MR) is 110 cm³/mol. The van der Waals surface area contributed by atoms with Crippen LogP contribution in [0.1, 0.15) is 25.0 Å². The summed E-state index contributed by atoms with van der Waals surface area (Å²) in [6.45, 7) is 2.54. The van der Waals surface area contributed by atoms with Gasteiger partial charge in [0.25, 0.3) is 5.91 Å². The fraction of sp³-hybridized carbons (Fsp3) is 0.227.